The van der Waals surface area contributed by atoms with Gasteiger partial charge in [-0.25, -0.2) is 0 Å². The molecule has 0 aliphatic carbocycles. The molecule has 1 fully saturated rings. The minimum absolute atomic E-state index is 0.624. The second-order valence-corrected chi connectivity index (χ2v) is 5.64. The van der Waals surface area contributed by atoms with Gasteiger partial charge in [-0.15, -0.1) is 0 Å². The van der Waals surface area contributed by atoms with E-state index in [1.807, 2.05) is 6.07 Å². The lowest BCUT2D eigenvalue weighted by molar-refractivity contribution is 0.397. The zero-order chi connectivity index (χ0) is 11.5. The average Bonchev–Trinajstić information content (AvgIpc) is 2.66. The summed E-state index contributed by atoms with van der Waals surface area (Å²) in [6.07, 6.45) is 1.24. The average molecular weight is 304 g/mol. The fourth-order valence-electron chi connectivity index (χ4n) is 2.01. The molecule has 0 radical (unpaired) electrons. The Balaban J connectivity index is 1.87. The van der Waals surface area contributed by atoms with Gasteiger partial charge in [0.05, 0.1) is 5.02 Å². The van der Waals surface area contributed by atoms with Gasteiger partial charge in [0.15, 0.2) is 0 Å². The maximum atomic E-state index is 5.95. The number of hydrogen-bond donors (Lipinski definition) is 1. The van der Waals surface area contributed by atoms with Gasteiger partial charge in [0.2, 0.25) is 0 Å². The van der Waals surface area contributed by atoms with Crippen molar-refractivity contribution in [3.63, 3.8) is 0 Å². The summed E-state index contributed by atoms with van der Waals surface area (Å²) < 4.78 is 0.969. The molecule has 1 heterocycles. The highest BCUT2D eigenvalue weighted by molar-refractivity contribution is 9.10. The number of rotatable bonds is 3. The van der Waals surface area contributed by atoms with E-state index in [-0.39, 0.29) is 0 Å². The normalized spacial score (nSPS) is 21.6. The van der Waals surface area contributed by atoms with Gasteiger partial charge < -0.3 is 10.2 Å². The predicted octanol–water partition coefficient (Wildman–Crippen LogP) is 2.90. The van der Waals surface area contributed by atoms with E-state index < -0.39 is 0 Å². The van der Waals surface area contributed by atoms with Crippen molar-refractivity contribution in [2.24, 2.45) is 0 Å². The Morgan fingerprint density at radius 3 is 3.00 bits per heavy atom. The van der Waals surface area contributed by atoms with E-state index in [0.717, 1.165) is 22.6 Å². The van der Waals surface area contributed by atoms with Crippen LogP contribution in [0.5, 0.6) is 0 Å². The van der Waals surface area contributed by atoms with Crippen molar-refractivity contribution in [1.82, 2.24) is 10.2 Å². The van der Waals surface area contributed by atoms with Crippen molar-refractivity contribution >= 4 is 27.5 Å². The Morgan fingerprint density at radius 1 is 1.56 bits per heavy atom. The van der Waals surface area contributed by atoms with Gasteiger partial charge in [-0.05, 0) is 53.6 Å². The first-order chi connectivity index (χ1) is 7.65. The second kappa shape index (κ2) is 5.50. The van der Waals surface area contributed by atoms with E-state index in [1.165, 1.54) is 18.5 Å². The molecule has 1 aliphatic rings. The highest BCUT2D eigenvalue weighted by Crippen LogP contribution is 2.23. The molecule has 0 amide bonds. The summed E-state index contributed by atoms with van der Waals surface area (Å²) in [5.41, 5.74) is 1.27. The van der Waals surface area contributed by atoms with Crippen LogP contribution in [0.15, 0.2) is 22.7 Å². The molecule has 1 aromatic carbocycles. The van der Waals surface area contributed by atoms with Crippen molar-refractivity contribution in [2.45, 2.75) is 19.0 Å². The molecule has 1 saturated heterocycles. The van der Waals surface area contributed by atoms with E-state index in [0.29, 0.717) is 6.04 Å². The molecule has 0 bridgehead atoms. The van der Waals surface area contributed by atoms with E-state index in [4.69, 9.17) is 11.6 Å². The standard InChI is InChI=1S/C12H16BrClN2/c1-16-5-4-10(8-16)15-7-9-2-3-12(14)11(13)6-9/h2-3,6,10,15H,4-5,7-8H2,1H3. The molecule has 1 unspecified atom stereocenters. The van der Waals surface area contributed by atoms with Gasteiger partial charge in [0, 0.05) is 23.6 Å². The Hall–Kier alpha value is -0.0900. The van der Waals surface area contributed by atoms with Crippen LogP contribution in [0, 0.1) is 0 Å². The van der Waals surface area contributed by atoms with E-state index in [9.17, 15) is 0 Å². The molecule has 16 heavy (non-hydrogen) atoms. The minimum atomic E-state index is 0.624. The summed E-state index contributed by atoms with van der Waals surface area (Å²) >= 11 is 9.39. The van der Waals surface area contributed by atoms with E-state index in [1.54, 1.807) is 0 Å². The lowest BCUT2D eigenvalue weighted by atomic mass is 10.2. The third kappa shape index (κ3) is 3.20. The number of nitrogens with one attached hydrogen (secondary N) is 1. The summed E-state index contributed by atoms with van der Waals surface area (Å²) in [5, 5.41) is 4.34. The van der Waals surface area contributed by atoms with Gasteiger partial charge in [-0.2, -0.15) is 0 Å². The van der Waals surface area contributed by atoms with Crippen molar-refractivity contribution in [3.05, 3.63) is 33.3 Å². The number of hydrogen-bond acceptors (Lipinski definition) is 2. The van der Waals surface area contributed by atoms with Crippen molar-refractivity contribution in [3.8, 4) is 0 Å². The third-order valence-corrected chi connectivity index (χ3v) is 4.18. The predicted molar refractivity (Wildman–Crippen MR) is 71.9 cm³/mol. The number of halogens is 2. The van der Waals surface area contributed by atoms with Crippen LogP contribution in [-0.2, 0) is 6.54 Å². The molecule has 88 valence electrons. The molecule has 4 heteroatoms. The lowest BCUT2D eigenvalue weighted by Gasteiger charge is -2.13. The Morgan fingerprint density at radius 2 is 2.38 bits per heavy atom. The van der Waals surface area contributed by atoms with Gasteiger partial charge in [-0.3, -0.25) is 0 Å². The molecule has 1 atom stereocenters. The fraction of sp³-hybridized carbons (Fsp3) is 0.500. The van der Waals surface area contributed by atoms with Gasteiger partial charge in [0.25, 0.3) is 0 Å². The van der Waals surface area contributed by atoms with E-state index >= 15 is 0 Å². The topological polar surface area (TPSA) is 15.3 Å². The molecule has 1 aliphatic heterocycles. The lowest BCUT2D eigenvalue weighted by Crippen LogP contribution is -2.30. The Kier molecular flexibility index (Phi) is 4.25. The summed E-state index contributed by atoms with van der Waals surface area (Å²) in [7, 11) is 2.17. The number of likely N-dealkylation sites (tertiary alicyclic amines) is 1. The van der Waals surface area contributed by atoms with Gasteiger partial charge >= 0.3 is 0 Å². The number of nitrogens with zero attached hydrogens (tertiary/aromatic N) is 1. The third-order valence-electron chi connectivity index (χ3n) is 2.97. The summed E-state index contributed by atoms with van der Waals surface area (Å²) in [6, 6.07) is 6.70. The second-order valence-electron chi connectivity index (χ2n) is 4.38. The molecule has 1 N–H and O–H groups in total. The molecule has 2 rings (SSSR count). The number of likely N-dealkylation sites (N-methyl/N-ethyl adjacent to an activating group) is 1. The molecule has 0 aromatic heterocycles. The first-order valence-corrected chi connectivity index (χ1v) is 6.68. The van der Waals surface area contributed by atoms with Crippen LogP contribution < -0.4 is 5.32 Å². The zero-order valence-corrected chi connectivity index (χ0v) is 11.7. The molecule has 2 nitrogen and oxygen atoms in total. The summed E-state index contributed by atoms with van der Waals surface area (Å²) in [6.45, 7) is 3.25. The smallest absolute Gasteiger partial charge is 0.0548 e. The quantitative estimate of drug-likeness (QED) is 0.924. The maximum absolute atomic E-state index is 5.95. The first kappa shape index (κ1) is 12.4. The van der Waals surface area contributed by atoms with Crippen LogP contribution in [-0.4, -0.2) is 31.1 Å². The molecule has 0 spiro atoms. The van der Waals surface area contributed by atoms with E-state index in [2.05, 4.69) is 45.3 Å². The number of benzene rings is 1. The summed E-state index contributed by atoms with van der Waals surface area (Å²) in [5.74, 6) is 0. The van der Waals surface area contributed by atoms with Crippen molar-refractivity contribution in [2.75, 3.05) is 20.1 Å². The minimum Gasteiger partial charge on any atom is -0.309 e. The molecular weight excluding hydrogens is 288 g/mol. The first-order valence-electron chi connectivity index (χ1n) is 5.51. The molecule has 0 saturated carbocycles. The van der Waals surface area contributed by atoms with Crippen LogP contribution in [0.1, 0.15) is 12.0 Å². The fourth-order valence-corrected chi connectivity index (χ4v) is 2.56. The van der Waals surface area contributed by atoms with Crippen LogP contribution >= 0.6 is 27.5 Å². The van der Waals surface area contributed by atoms with Crippen molar-refractivity contribution in [1.29, 1.82) is 0 Å². The van der Waals surface area contributed by atoms with Crippen LogP contribution in [0.3, 0.4) is 0 Å². The Bertz CT molecular complexity index is 370. The van der Waals surface area contributed by atoms with Crippen LogP contribution in [0.4, 0.5) is 0 Å². The maximum Gasteiger partial charge on any atom is 0.0548 e. The highest BCUT2D eigenvalue weighted by Gasteiger charge is 2.18. The molecule has 1 aromatic rings. The Labute approximate surface area is 110 Å². The van der Waals surface area contributed by atoms with Crippen LogP contribution in [0.25, 0.3) is 0 Å². The van der Waals surface area contributed by atoms with Gasteiger partial charge in [-0.1, -0.05) is 17.7 Å². The SMILES string of the molecule is CN1CCC(NCc2ccc(Cl)c(Br)c2)C1. The highest BCUT2D eigenvalue weighted by atomic mass is 79.9. The van der Waals surface area contributed by atoms with Crippen molar-refractivity contribution < 1.29 is 0 Å². The zero-order valence-electron chi connectivity index (χ0n) is 9.34. The van der Waals surface area contributed by atoms with Gasteiger partial charge in [0.1, 0.15) is 0 Å². The largest absolute Gasteiger partial charge is 0.309 e. The summed E-state index contributed by atoms with van der Waals surface area (Å²) in [4.78, 5) is 2.36. The van der Waals surface area contributed by atoms with Crippen LogP contribution in [0.2, 0.25) is 5.02 Å². The monoisotopic (exact) mass is 302 g/mol. The molecular formula is C12H16BrClN2.